The summed E-state index contributed by atoms with van der Waals surface area (Å²) >= 11 is 5.46. The molecule has 98 valence electrons. The quantitative estimate of drug-likeness (QED) is 0.687. The summed E-state index contributed by atoms with van der Waals surface area (Å²) in [5.74, 6) is 0.495. The molecule has 2 fully saturated rings. The third-order valence-electron chi connectivity index (χ3n) is 3.21. The zero-order chi connectivity index (χ0) is 12.5. The Bertz CT molecular complexity index is 386. The smallest absolute Gasteiger partial charge is 0.225 e. The molecule has 17 heavy (non-hydrogen) atoms. The maximum absolute atomic E-state index is 11.8. The molecular formula is C10H17ClN2O3S. The summed E-state index contributed by atoms with van der Waals surface area (Å²) < 4.78 is 24.9. The van der Waals surface area contributed by atoms with Crippen LogP contribution in [0.2, 0.25) is 0 Å². The van der Waals surface area contributed by atoms with Gasteiger partial charge in [0.15, 0.2) is 0 Å². The molecule has 0 aromatic rings. The van der Waals surface area contributed by atoms with Crippen LogP contribution in [0.3, 0.4) is 0 Å². The fourth-order valence-corrected chi connectivity index (χ4v) is 3.76. The molecular weight excluding hydrogens is 264 g/mol. The number of sulfonamides is 1. The molecule has 0 unspecified atom stereocenters. The lowest BCUT2D eigenvalue weighted by atomic mass is 10.3. The van der Waals surface area contributed by atoms with Crippen molar-refractivity contribution in [2.45, 2.75) is 12.8 Å². The second kappa shape index (κ2) is 5.12. The minimum atomic E-state index is -3.22. The van der Waals surface area contributed by atoms with Crippen LogP contribution in [0.25, 0.3) is 0 Å². The molecule has 0 aromatic heterocycles. The SMILES string of the molecule is O=C(C1CC1)N1CCN(S(=O)(=O)CCCl)CC1. The van der Waals surface area contributed by atoms with E-state index in [4.69, 9.17) is 11.6 Å². The van der Waals surface area contributed by atoms with E-state index >= 15 is 0 Å². The van der Waals surface area contributed by atoms with E-state index in [1.807, 2.05) is 0 Å². The third-order valence-corrected chi connectivity index (χ3v) is 5.49. The summed E-state index contributed by atoms with van der Waals surface area (Å²) in [6, 6.07) is 0. The highest BCUT2D eigenvalue weighted by Gasteiger charge is 2.36. The molecule has 0 N–H and O–H groups in total. The van der Waals surface area contributed by atoms with Gasteiger partial charge in [-0.15, -0.1) is 11.6 Å². The fraction of sp³-hybridized carbons (Fsp3) is 0.900. The van der Waals surface area contributed by atoms with Gasteiger partial charge in [-0.25, -0.2) is 8.42 Å². The molecule has 1 saturated heterocycles. The number of nitrogens with zero attached hydrogens (tertiary/aromatic N) is 2. The number of hydrogen-bond donors (Lipinski definition) is 0. The van der Waals surface area contributed by atoms with Gasteiger partial charge in [-0.3, -0.25) is 4.79 Å². The molecule has 1 heterocycles. The van der Waals surface area contributed by atoms with Crippen LogP contribution >= 0.6 is 11.6 Å². The van der Waals surface area contributed by atoms with E-state index in [-0.39, 0.29) is 23.5 Å². The molecule has 1 amide bonds. The van der Waals surface area contributed by atoms with Crippen molar-refractivity contribution in [2.24, 2.45) is 5.92 Å². The van der Waals surface area contributed by atoms with Crippen molar-refractivity contribution in [3.63, 3.8) is 0 Å². The zero-order valence-corrected chi connectivity index (χ0v) is 11.2. The van der Waals surface area contributed by atoms with Crippen LogP contribution in [0, 0.1) is 5.92 Å². The Hall–Kier alpha value is -0.330. The lowest BCUT2D eigenvalue weighted by Gasteiger charge is -2.34. The number of amides is 1. The Morgan fingerprint density at radius 1 is 1.18 bits per heavy atom. The Balaban J connectivity index is 1.87. The van der Waals surface area contributed by atoms with E-state index < -0.39 is 10.0 Å². The molecule has 1 saturated carbocycles. The van der Waals surface area contributed by atoms with Gasteiger partial charge < -0.3 is 4.90 Å². The molecule has 1 aliphatic heterocycles. The zero-order valence-electron chi connectivity index (χ0n) is 9.64. The molecule has 5 nitrogen and oxygen atoms in total. The molecule has 2 aliphatic rings. The van der Waals surface area contributed by atoms with E-state index in [1.54, 1.807) is 4.90 Å². The third kappa shape index (κ3) is 3.11. The molecule has 7 heteroatoms. The minimum absolute atomic E-state index is 0.0227. The Morgan fingerprint density at radius 3 is 2.24 bits per heavy atom. The molecule has 0 bridgehead atoms. The van der Waals surface area contributed by atoms with Gasteiger partial charge in [0, 0.05) is 38.0 Å². The van der Waals surface area contributed by atoms with Crippen molar-refractivity contribution in [3.05, 3.63) is 0 Å². The van der Waals surface area contributed by atoms with Crippen LogP contribution in [0.15, 0.2) is 0 Å². The first kappa shape index (κ1) is 13.1. The number of carbonyl (C=O) groups is 1. The molecule has 1 aliphatic carbocycles. The lowest BCUT2D eigenvalue weighted by Crippen LogP contribution is -2.51. The van der Waals surface area contributed by atoms with Crippen molar-refractivity contribution in [1.29, 1.82) is 0 Å². The fourth-order valence-electron chi connectivity index (χ4n) is 2.00. The van der Waals surface area contributed by atoms with Gasteiger partial charge in [0.05, 0.1) is 5.75 Å². The Labute approximate surface area is 107 Å². The highest BCUT2D eigenvalue weighted by atomic mass is 35.5. The monoisotopic (exact) mass is 280 g/mol. The molecule has 0 atom stereocenters. The minimum Gasteiger partial charge on any atom is -0.340 e. The lowest BCUT2D eigenvalue weighted by molar-refractivity contribution is -0.133. The summed E-state index contributed by atoms with van der Waals surface area (Å²) in [6.07, 6.45) is 1.98. The highest BCUT2D eigenvalue weighted by molar-refractivity contribution is 7.89. The normalized spacial score (nSPS) is 22.8. The van der Waals surface area contributed by atoms with Gasteiger partial charge in [-0.2, -0.15) is 4.31 Å². The average Bonchev–Trinajstić information content (AvgIpc) is 3.12. The number of alkyl halides is 1. The first-order chi connectivity index (χ1) is 8.04. The first-order valence-electron chi connectivity index (χ1n) is 5.87. The van der Waals surface area contributed by atoms with Gasteiger partial charge in [-0.05, 0) is 12.8 Å². The van der Waals surface area contributed by atoms with Gasteiger partial charge >= 0.3 is 0 Å². The topological polar surface area (TPSA) is 57.7 Å². The summed E-state index contributed by atoms with van der Waals surface area (Å²) in [5.41, 5.74) is 0. The molecule has 0 spiro atoms. The van der Waals surface area contributed by atoms with E-state index in [9.17, 15) is 13.2 Å². The second-order valence-electron chi connectivity index (χ2n) is 4.50. The van der Waals surface area contributed by atoms with Crippen molar-refractivity contribution < 1.29 is 13.2 Å². The van der Waals surface area contributed by atoms with Crippen molar-refractivity contribution >= 4 is 27.5 Å². The van der Waals surface area contributed by atoms with E-state index in [0.717, 1.165) is 12.8 Å². The molecule has 2 rings (SSSR count). The van der Waals surface area contributed by atoms with E-state index in [1.165, 1.54) is 4.31 Å². The van der Waals surface area contributed by atoms with Gasteiger partial charge in [0.1, 0.15) is 0 Å². The van der Waals surface area contributed by atoms with Crippen molar-refractivity contribution in [2.75, 3.05) is 37.8 Å². The summed E-state index contributed by atoms with van der Waals surface area (Å²) in [5, 5.41) is 0. The van der Waals surface area contributed by atoms with Crippen LogP contribution in [-0.2, 0) is 14.8 Å². The van der Waals surface area contributed by atoms with Crippen LogP contribution in [-0.4, -0.2) is 61.3 Å². The maximum atomic E-state index is 11.8. The number of halogens is 1. The molecule has 0 radical (unpaired) electrons. The number of carbonyl (C=O) groups excluding carboxylic acids is 1. The summed E-state index contributed by atoms with van der Waals surface area (Å²) in [6.45, 7) is 1.82. The average molecular weight is 281 g/mol. The summed E-state index contributed by atoms with van der Waals surface area (Å²) in [4.78, 5) is 13.6. The van der Waals surface area contributed by atoms with Crippen LogP contribution in [0.5, 0.6) is 0 Å². The van der Waals surface area contributed by atoms with Crippen molar-refractivity contribution in [3.8, 4) is 0 Å². The van der Waals surface area contributed by atoms with Gasteiger partial charge in [0.2, 0.25) is 15.9 Å². The number of hydrogen-bond acceptors (Lipinski definition) is 3. The summed E-state index contributed by atoms with van der Waals surface area (Å²) in [7, 11) is -3.22. The standard InChI is InChI=1S/C10H17ClN2O3S/c11-3-8-17(15,16)13-6-4-12(5-7-13)10(14)9-1-2-9/h9H,1-8H2. The number of rotatable bonds is 4. The largest absolute Gasteiger partial charge is 0.340 e. The van der Waals surface area contributed by atoms with Crippen LogP contribution in [0.1, 0.15) is 12.8 Å². The van der Waals surface area contributed by atoms with Crippen molar-refractivity contribution in [1.82, 2.24) is 9.21 Å². The van der Waals surface area contributed by atoms with E-state index in [2.05, 4.69) is 0 Å². The predicted molar refractivity (Wildman–Crippen MR) is 65.4 cm³/mol. The highest BCUT2D eigenvalue weighted by Crippen LogP contribution is 2.31. The predicted octanol–water partition coefficient (Wildman–Crippen LogP) is 0.109. The maximum Gasteiger partial charge on any atom is 0.225 e. The Kier molecular flexibility index (Phi) is 3.95. The first-order valence-corrected chi connectivity index (χ1v) is 8.01. The van der Waals surface area contributed by atoms with Crippen LogP contribution in [0.4, 0.5) is 0 Å². The second-order valence-corrected chi connectivity index (χ2v) is 6.97. The Morgan fingerprint density at radius 2 is 1.76 bits per heavy atom. The van der Waals surface area contributed by atoms with E-state index in [0.29, 0.717) is 26.2 Å². The van der Waals surface area contributed by atoms with Crippen LogP contribution < -0.4 is 0 Å². The number of piperazine rings is 1. The van der Waals surface area contributed by atoms with Gasteiger partial charge in [-0.1, -0.05) is 0 Å². The molecule has 0 aromatic carbocycles. The van der Waals surface area contributed by atoms with Gasteiger partial charge in [0.25, 0.3) is 0 Å².